The number of hydrogen-bond acceptors (Lipinski definition) is 5. The maximum absolute atomic E-state index is 4.97. The highest BCUT2D eigenvalue weighted by atomic mass is 32.1. The van der Waals surface area contributed by atoms with Crippen molar-refractivity contribution in [1.82, 2.24) is 15.2 Å². The van der Waals surface area contributed by atoms with Crippen LogP contribution >= 0.6 is 11.3 Å². The first-order valence-electron chi connectivity index (χ1n) is 7.35. The minimum atomic E-state index is 0.753. The van der Waals surface area contributed by atoms with E-state index < -0.39 is 0 Å². The predicted molar refractivity (Wildman–Crippen MR) is 81.2 cm³/mol. The molecule has 3 rings (SSSR count). The van der Waals surface area contributed by atoms with Crippen LogP contribution in [0.25, 0.3) is 0 Å². The van der Waals surface area contributed by atoms with Crippen LogP contribution in [-0.4, -0.2) is 50.2 Å². The van der Waals surface area contributed by atoms with Crippen LogP contribution in [0.5, 0.6) is 0 Å². The summed E-state index contributed by atoms with van der Waals surface area (Å²) in [6, 6.07) is 0. The van der Waals surface area contributed by atoms with E-state index in [4.69, 9.17) is 4.98 Å². The molecule has 5 heteroatoms. The average Bonchev–Trinajstić information content (AvgIpc) is 3.18. The third kappa shape index (κ3) is 3.09. The summed E-state index contributed by atoms with van der Waals surface area (Å²) in [6.07, 6.45) is 3.92. The number of hydrogen-bond donors (Lipinski definition) is 1. The van der Waals surface area contributed by atoms with Gasteiger partial charge in [0.1, 0.15) is 0 Å². The summed E-state index contributed by atoms with van der Waals surface area (Å²) in [5.74, 6) is 0.753. The molecule has 1 saturated heterocycles. The van der Waals surface area contributed by atoms with Crippen LogP contribution in [-0.2, 0) is 6.54 Å². The van der Waals surface area contributed by atoms with Gasteiger partial charge in [-0.25, -0.2) is 4.98 Å². The fourth-order valence-electron chi connectivity index (χ4n) is 2.69. The Kier molecular flexibility index (Phi) is 4.05. The molecule has 4 nitrogen and oxygen atoms in total. The van der Waals surface area contributed by atoms with Crippen molar-refractivity contribution in [2.75, 3.05) is 45.2 Å². The summed E-state index contributed by atoms with van der Waals surface area (Å²) in [4.78, 5) is 11.3. The molecule has 2 heterocycles. The Morgan fingerprint density at radius 3 is 2.84 bits per heavy atom. The molecule has 0 bridgehead atoms. The number of nitrogens with zero attached hydrogens (tertiary/aromatic N) is 3. The lowest BCUT2D eigenvalue weighted by atomic mass is 10.2. The van der Waals surface area contributed by atoms with Crippen LogP contribution in [0.15, 0.2) is 0 Å². The zero-order valence-electron chi connectivity index (χ0n) is 12.0. The van der Waals surface area contributed by atoms with Crippen molar-refractivity contribution in [3.63, 3.8) is 0 Å². The highest BCUT2D eigenvalue weighted by Crippen LogP contribution is 2.44. The summed E-state index contributed by atoms with van der Waals surface area (Å²) >= 11 is 1.90. The normalized spacial score (nSPS) is 21.7. The number of anilines is 1. The maximum Gasteiger partial charge on any atom is 0.185 e. The lowest BCUT2D eigenvalue weighted by Crippen LogP contribution is -2.28. The summed E-state index contributed by atoms with van der Waals surface area (Å²) in [6.45, 7) is 5.60. The van der Waals surface area contributed by atoms with E-state index >= 15 is 0 Å². The van der Waals surface area contributed by atoms with Gasteiger partial charge in [0.2, 0.25) is 0 Å². The maximum atomic E-state index is 4.97. The van der Waals surface area contributed by atoms with Gasteiger partial charge in [0.15, 0.2) is 5.13 Å². The monoisotopic (exact) mass is 280 g/mol. The van der Waals surface area contributed by atoms with E-state index in [-0.39, 0.29) is 0 Å². The molecule has 2 fully saturated rings. The Hall–Kier alpha value is -0.650. The van der Waals surface area contributed by atoms with Crippen molar-refractivity contribution in [3.05, 3.63) is 10.6 Å². The van der Waals surface area contributed by atoms with Crippen LogP contribution in [0.2, 0.25) is 0 Å². The quantitative estimate of drug-likeness (QED) is 0.912. The minimum absolute atomic E-state index is 0.753. The van der Waals surface area contributed by atoms with E-state index in [2.05, 4.69) is 22.2 Å². The molecule has 1 saturated carbocycles. The molecule has 0 aromatic carbocycles. The molecule has 0 atom stereocenters. The van der Waals surface area contributed by atoms with Crippen LogP contribution in [0.4, 0.5) is 5.13 Å². The predicted octanol–water partition coefficient (Wildman–Crippen LogP) is 1.88. The van der Waals surface area contributed by atoms with Gasteiger partial charge >= 0.3 is 0 Å². The van der Waals surface area contributed by atoms with Gasteiger partial charge in [0, 0.05) is 37.0 Å². The SMILES string of the molecule is CNCc1sc(N2CCCN(C)CC2)nc1C1CC1. The Morgan fingerprint density at radius 1 is 1.26 bits per heavy atom. The van der Waals surface area contributed by atoms with Gasteiger partial charge in [-0.2, -0.15) is 0 Å². The Balaban J connectivity index is 1.77. The number of likely N-dealkylation sites (N-methyl/N-ethyl adjacent to an activating group) is 1. The fraction of sp³-hybridized carbons (Fsp3) is 0.786. The topological polar surface area (TPSA) is 31.4 Å². The number of rotatable bonds is 4. The van der Waals surface area contributed by atoms with Crippen LogP contribution in [0.3, 0.4) is 0 Å². The average molecular weight is 280 g/mol. The number of nitrogens with one attached hydrogen (secondary N) is 1. The summed E-state index contributed by atoms with van der Waals surface area (Å²) in [7, 11) is 4.24. The number of aromatic nitrogens is 1. The zero-order chi connectivity index (χ0) is 13.2. The van der Waals surface area contributed by atoms with Crippen molar-refractivity contribution in [2.24, 2.45) is 0 Å². The van der Waals surface area contributed by atoms with Crippen LogP contribution in [0, 0.1) is 0 Å². The molecule has 0 radical (unpaired) electrons. The van der Waals surface area contributed by atoms with E-state index in [9.17, 15) is 0 Å². The first-order valence-corrected chi connectivity index (χ1v) is 8.17. The highest BCUT2D eigenvalue weighted by Gasteiger charge is 2.30. The zero-order valence-corrected chi connectivity index (χ0v) is 12.8. The molecule has 1 aromatic heterocycles. The standard InChI is InChI=1S/C14H24N4S/c1-15-10-12-13(11-4-5-11)16-14(19-12)18-7-3-6-17(2)8-9-18/h11,15H,3-10H2,1-2H3. The van der Waals surface area contributed by atoms with Gasteiger partial charge < -0.3 is 15.1 Å². The van der Waals surface area contributed by atoms with Crippen molar-refractivity contribution >= 4 is 16.5 Å². The molecule has 1 aliphatic heterocycles. The summed E-state index contributed by atoms with van der Waals surface area (Å²) in [5.41, 5.74) is 1.38. The van der Waals surface area contributed by atoms with Crippen LogP contribution < -0.4 is 10.2 Å². The van der Waals surface area contributed by atoms with E-state index in [1.165, 1.54) is 41.5 Å². The number of thiazole rings is 1. The van der Waals surface area contributed by atoms with E-state index in [0.29, 0.717) is 0 Å². The first kappa shape index (κ1) is 13.3. The molecule has 1 aliphatic carbocycles. The third-order valence-electron chi connectivity index (χ3n) is 4.01. The smallest absolute Gasteiger partial charge is 0.185 e. The minimum Gasteiger partial charge on any atom is -0.347 e. The van der Waals surface area contributed by atoms with Crippen molar-refractivity contribution in [2.45, 2.75) is 31.7 Å². The second-order valence-corrected chi connectivity index (χ2v) is 6.82. The largest absolute Gasteiger partial charge is 0.347 e. The van der Waals surface area contributed by atoms with E-state index in [1.54, 1.807) is 0 Å². The van der Waals surface area contributed by atoms with Gasteiger partial charge in [0.25, 0.3) is 0 Å². The lowest BCUT2D eigenvalue weighted by molar-refractivity contribution is 0.360. The van der Waals surface area contributed by atoms with Gasteiger partial charge in [-0.1, -0.05) is 0 Å². The highest BCUT2D eigenvalue weighted by molar-refractivity contribution is 7.15. The van der Waals surface area contributed by atoms with Crippen molar-refractivity contribution < 1.29 is 0 Å². The van der Waals surface area contributed by atoms with Crippen molar-refractivity contribution in [3.8, 4) is 0 Å². The Bertz CT molecular complexity index is 427. The van der Waals surface area contributed by atoms with Gasteiger partial charge in [-0.05, 0) is 39.9 Å². The van der Waals surface area contributed by atoms with E-state index in [0.717, 1.165) is 32.1 Å². The second-order valence-electron chi connectivity index (χ2n) is 5.75. The molecule has 0 spiro atoms. The summed E-state index contributed by atoms with van der Waals surface area (Å²) < 4.78 is 0. The van der Waals surface area contributed by atoms with E-state index in [1.807, 2.05) is 18.4 Å². The van der Waals surface area contributed by atoms with Gasteiger partial charge in [-0.3, -0.25) is 0 Å². The molecular formula is C14H24N4S. The molecule has 106 valence electrons. The molecule has 0 amide bonds. The van der Waals surface area contributed by atoms with Gasteiger partial charge in [-0.15, -0.1) is 11.3 Å². The molecule has 0 unspecified atom stereocenters. The summed E-state index contributed by atoms with van der Waals surface area (Å²) in [5, 5.41) is 4.54. The van der Waals surface area contributed by atoms with Crippen molar-refractivity contribution in [1.29, 1.82) is 0 Å². The van der Waals surface area contributed by atoms with Gasteiger partial charge in [0.05, 0.1) is 5.69 Å². The lowest BCUT2D eigenvalue weighted by Gasteiger charge is -2.19. The third-order valence-corrected chi connectivity index (χ3v) is 5.14. The molecule has 2 aliphatic rings. The van der Waals surface area contributed by atoms with Crippen LogP contribution in [0.1, 0.15) is 35.8 Å². The Labute approximate surface area is 119 Å². The molecular weight excluding hydrogens is 256 g/mol. The Morgan fingerprint density at radius 2 is 2.11 bits per heavy atom. The first-order chi connectivity index (χ1) is 9.28. The second kappa shape index (κ2) is 5.77. The molecule has 19 heavy (non-hydrogen) atoms. The fourth-order valence-corrected chi connectivity index (χ4v) is 3.90. The molecule has 1 aromatic rings. The molecule has 1 N–H and O–H groups in total.